The smallest absolute Gasteiger partial charge is 0.254 e. The van der Waals surface area contributed by atoms with Gasteiger partial charge in [0.25, 0.3) is 5.91 Å². The van der Waals surface area contributed by atoms with E-state index in [1.54, 1.807) is 17.0 Å². The van der Waals surface area contributed by atoms with E-state index < -0.39 is 6.10 Å². The third kappa shape index (κ3) is 3.70. The maximum atomic E-state index is 12.4. The molecule has 0 radical (unpaired) electrons. The summed E-state index contributed by atoms with van der Waals surface area (Å²) in [5.41, 5.74) is 5.99. The van der Waals surface area contributed by atoms with Crippen LogP contribution in [0.2, 0.25) is 5.02 Å². The average molecular weight is 421 g/mol. The Hall–Kier alpha value is -3.14. The third-order valence-corrected chi connectivity index (χ3v) is 5.80. The minimum atomic E-state index is -0.401. The molecule has 0 unspecified atom stereocenters. The Morgan fingerprint density at radius 3 is 2.53 bits per heavy atom. The monoisotopic (exact) mass is 420 g/mol. The Kier molecular flexibility index (Phi) is 5.33. The topological polar surface area (TPSA) is 82.2 Å². The summed E-state index contributed by atoms with van der Waals surface area (Å²) in [6, 6.07) is 14.9. The van der Waals surface area contributed by atoms with E-state index in [1.807, 2.05) is 48.9 Å². The Labute approximate surface area is 179 Å². The first-order valence-corrected chi connectivity index (χ1v) is 10.1. The summed E-state index contributed by atoms with van der Waals surface area (Å²) in [7, 11) is 0. The highest BCUT2D eigenvalue weighted by molar-refractivity contribution is 6.31. The van der Waals surface area contributed by atoms with Gasteiger partial charge in [-0.3, -0.25) is 4.79 Å². The Bertz CT molecular complexity index is 1160. The summed E-state index contributed by atoms with van der Waals surface area (Å²) >= 11 is 6.18. The number of amides is 1. The van der Waals surface area contributed by atoms with Gasteiger partial charge in [-0.25, -0.2) is 4.68 Å². The number of halogens is 1. The van der Waals surface area contributed by atoms with E-state index in [0.717, 1.165) is 28.2 Å². The summed E-state index contributed by atoms with van der Waals surface area (Å²) in [5.74, 6) is -0.0512. The van der Waals surface area contributed by atoms with Crippen LogP contribution in [0.1, 0.15) is 38.4 Å². The zero-order valence-corrected chi connectivity index (χ0v) is 17.5. The second kappa shape index (κ2) is 7.94. The van der Waals surface area contributed by atoms with Crippen LogP contribution < -0.4 is 0 Å². The predicted molar refractivity (Wildman–Crippen MR) is 114 cm³/mol. The van der Waals surface area contributed by atoms with Crippen molar-refractivity contribution >= 4 is 17.5 Å². The number of carbonyl (C=O) groups excluding carboxylic acids is 1. The number of nitrogens with zero attached hydrogens (tertiary/aromatic N) is 4. The van der Waals surface area contributed by atoms with Crippen molar-refractivity contribution in [3.8, 4) is 11.8 Å². The molecule has 1 saturated heterocycles. The molecule has 30 heavy (non-hydrogen) atoms. The van der Waals surface area contributed by atoms with Crippen molar-refractivity contribution in [2.24, 2.45) is 0 Å². The van der Waals surface area contributed by atoms with Gasteiger partial charge in [-0.2, -0.15) is 10.4 Å². The minimum absolute atomic E-state index is 0.0512. The van der Waals surface area contributed by atoms with Gasteiger partial charge in [0.1, 0.15) is 6.07 Å². The Morgan fingerprint density at radius 1 is 1.23 bits per heavy atom. The minimum Gasteiger partial charge on any atom is -0.389 e. The lowest BCUT2D eigenvalue weighted by molar-refractivity contribution is 0.00589. The van der Waals surface area contributed by atoms with Crippen molar-refractivity contribution in [3.05, 3.63) is 81.1 Å². The fourth-order valence-corrected chi connectivity index (χ4v) is 3.90. The average Bonchev–Trinajstić information content (AvgIpc) is 2.99. The van der Waals surface area contributed by atoms with Gasteiger partial charge in [-0.1, -0.05) is 23.7 Å². The molecule has 2 aromatic carbocycles. The second-order valence-corrected chi connectivity index (χ2v) is 7.98. The van der Waals surface area contributed by atoms with Gasteiger partial charge in [0.15, 0.2) is 0 Å². The van der Waals surface area contributed by atoms with Crippen LogP contribution >= 0.6 is 11.6 Å². The maximum absolute atomic E-state index is 12.4. The molecule has 152 valence electrons. The van der Waals surface area contributed by atoms with E-state index in [1.165, 1.54) is 0 Å². The first-order chi connectivity index (χ1) is 14.4. The number of hydrogen-bond acceptors (Lipinski definition) is 4. The number of rotatable bonds is 4. The van der Waals surface area contributed by atoms with Crippen LogP contribution in [-0.4, -0.2) is 44.9 Å². The van der Waals surface area contributed by atoms with Crippen LogP contribution in [0.5, 0.6) is 0 Å². The lowest BCUT2D eigenvalue weighted by atomic mass is 10.0. The molecule has 1 aliphatic rings. The molecule has 0 spiro atoms. The largest absolute Gasteiger partial charge is 0.389 e. The number of hydrogen-bond donors (Lipinski definition) is 1. The van der Waals surface area contributed by atoms with Crippen molar-refractivity contribution in [2.75, 3.05) is 13.1 Å². The summed E-state index contributed by atoms with van der Waals surface area (Å²) < 4.78 is 1.84. The standard InChI is InChI=1S/C23H21ClN4O2/c1-14-21(15(2)28(26-14)19-8-7-18(11-25)22(24)10-19)9-16-3-5-17(6-4-16)23(30)27-12-20(29)13-27/h3-8,10,20,29H,9,12-13H2,1-2H3. The molecule has 4 rings (SSSR count). The number of likely N-dealkylation sites (tertiary alicyclic amines) is 1. The lowest BCUT2D eigenvalue weighted by Crippen LogP contribution is -2.53. The van der Waals surface area contributed by atoms with Gasteiger partial charge in [0, 0.05) is 36.3 Å². The Morgan fingerprint density at radius 2 is 1.93 bits per heavy atom. The normalized spacial score (nSPS) is 13.8. The van der Waals surface area contributed by atoms with Crippen LogP contribution in [0.3, 0.4) is 0 Å². The molecule has 0 bridgehead atoms. The van der Waals surface area contributed by atoms with E-state index >= 15 is 0 Å². The van der Waals surface area contributed by atoms with Gasteiger partial charge < -0.3 is 10.0 Å². The number of aromatic nitrogens is 2. The van der Waals surface area contributed by atoms with Crippen LogP contribution in [0.4, 0.5) is 0 Å². The SMILES string of the molecule is Cc1nn(-c2ccc(C#N)c(Cl)c2)c(C)c1Cc1ccc(C(=O)N2CC(O)C2)cc1. The molecular formula is C23H21ClN4O2. The molecule has 0 atom stereocenters. The van der Waals surface area contributed by atoms with Gasteiger partial charge in [-0.05, 0) is 49.7 Å². The van der Waals surface area contributed by atoms with E-state index in [-0.39, 0.29) is 5.91 Å². The zero-order valence-electron chi connectivity index (χ0n) is 16.8. The van der Waals surface area contributed by atoms with Gasteiger partial charge in [-0.15, -0.1) is 0 Å². The second-order valence-electron chi connectivity index (χ2n) is 7.57. The number of aryl methyl sites for hydroxylation is 1. The number of benzene rings is 2. The number of nitriles is 1. The van der Waals surface area contributed by atoms with E-state index in [2.05, 4.69) is 11.2 Å². The molecule has 1 N–H and O–H groups in total. The third-order valence-electron chi connectivity index (χ3n) is 5.49. The van der Waals surface area contributed by atoms with Crippen LogP contribution in [0.15, 0.2) is 42.5 Å². The van der Waals surface area contributed by atoms with E-state index in [9.17, 15) is 9.90 Å². The highest BCUT2D eigenvalue weighted by Crippen LogP contribution is 2.25. The summed E-state index contributed by atoms with van der Waals surface area (Å²) in [6.45, 7) is 4.78. The van der Waals surface area contributed by atoms with Crippen LogP contribution in [0, 0.1) is 25.2 Å². The molecule has 3 aromatic rings. The predicted octanol–water partition coefficient (Wildman–Crippen LogP) is 3.42. The fourth-order valence-electron chi connectivity index (χ4n) is 3.68. The number of aliphatic hydroxyl groups is 1. The van der Waals surface area contributed by atoms with E-state index in [4.69, 9.17) is 16.9 Å². The molecule has 0 saturated carbocycles. The van der Waals surface area contributed by atoms with Crippen LogP contribution in [-0.2, 0) is 6.42 Å². The molecule has 1 amide bonds. The van der Waals surface area contributed by atoms with Crippen molar-refractivity contribution in [1.82, 2.24) is 14.7 Å². The molecule has 2 heterocycles. The Balaban J connectivity index is 1.55. The van der Waals surface area contributed by atoms with Crippen molar-refractivity contribution in [2.45, 2.75) is 26.4 Å². The molecule has 0 aliphatic carbocycles. The molecule has 1 fully saturated rings. The maximum Gasteiger partial charge on any atom is 0.254 e. The molecule has 7 heteroatoms. The van der Waals surface area contributed by atoms with Crippen LogP contribution in [0.25, 0.3) is 5.69 Å². The number of β-amino-alcohol motifs (C(OH)–C–C–N with tert-alkyl or cyclic N) is 1. The summed E-state index contributed by atoms with van der Waals surface area (Å²) in [6.07, 6.45) is 0.292. The number of carbonyl (C=O) groups is 1. The quantitative estimate of drug-likeness (QED) is 0.701. The highest BCUT2D eigenvalue weighted by atomic mass is 35.5. The molecule has 1 aromatic heterocycles. The summed E-state index contributed by atoms with van der Waals surface area (Å²) in [5, 5.41) is 23.5. The van der Waals surface area contributed by atoms with Gasteiger partial charge in [0.2, 0.25) is 0 Å². The molecular weight excluding hydrogens is 400 g/mol. The van der Waals surface area contributed by atoms with Crippen molar-refractivity contribution < 1.29 is 9.90 Å². The lowest BCUT2D eigenvalue weighted by Gasteiger charge is -2.35. The van der Waals surface area contributed by atoms with E-state index in [0.29, 0.717) is 35.7 Å². The molecule has 6 nitrogen and oxygen atoms in total. The van der Waals surface area contributed by atoms with Gasteiger partial charge >= 0.3 is 0 Å². The number of aliphatic hydroxyl groups excluding tert-OH is 1. The van der Waals surface area contributed by atoms with Gasteiger partial charge in [0.05, 0.1) is 28.1 Å². The first-order valence-electron chi connectivity index (χ1n) is 9.68. The van der Waals surface area contributed by atoms with Crippen molar-refractivity contribution in [1.29, 1.82) is 5.26 Å². The zero-order chi connectivity index (χ0) is 21.4. The summed E-state index contributed by atoms with van der Waals surface area (Å²) in [4.78, 5) is 14.0. The highest BCUT2D eigenvalue weighted by Gasteiger charge is 2.29. The molecule has 1 aliphatic heterocycles. The van der Waals surface area contributed by atoms with Crippen molar-refractivity contribution in [3.63, 3.8) is 0 Å². The first kappa shape index (κ1) is 20.1. The fraction of sp³-hybridized carbons (Fsp3) is 0.261.